The van der Waals surface area contributed by atoms with Gasteiger partial charge in [-0.05, 0) is 45.4 Å². The number of alkyl carbamates (subject to hydrolysis) is 1. The van der Waals surface area contributed by atoms with E-state index in [1.165, 1.54) is 25.0 Å². The molecular formula is C14H22N2O2S. The zero-order chi connectivity index (χ0) is 13.7. The van der Waals surface area contributed by atoms with Crippen LogP contribution in [0, 0.1) is 0 Å². The Labute approximate surface area is 120 Å². The summed E-state index contributed by atoms with van der Waals surface area (Å²) in [4.78, 5) is 14.5. The first-order valence-electron chi connectivity index (χ1n) is 7.17. The number of carbonyl (C=O) groups excluding carboxylic acids is 1. The number of hydrogen-bond donors (Lipinski definition) is 1. The highest BCUT2D eigenvalue weighted by atomic mass is 32.1. The molecule has 0 aromatic rings. The molecule has 5 heteroatoms. The van der Waals surface area contributed by atoms with Crippen LogP contribution in [0.2, 0.25) is 0 Å². The average molecular weight is 282 g/mol. The van der Waals surface area contributed by atoms with E-state index in [0.717, 1.165) is 37.9 Å². The van der Waals surface area contributed by atoms with Gasteiger partial charge in [0.05, 0.1) is 6.61 Å². The standard InChI is InChI=1S/C14H22N2O2S/c1-2-18-14(17)15-13(19)11-7-3-4-8-12(11)16-9-5-6-10-16/h2-10H2,1H3,(H,15,17,19). The highest BCUT2D eigenvalue weighted by molar-refractivity contribution is 7.80. The Kier molecular flexibility index (Phi) is 5.19. The lowest BCUT2D eigenvalue weighted by atomic mass is 9.95. The first kappa shape index (κ1) is 14.3. The fourth-order valence-electron chi connectivity index (χ4n) is 2.81. The summed E-state index contributed by atoms with van der Waals surface area (Å²) in [6, 6.07) is 0. The van der Waals surface area contributed by atoms with Crippen LogP contribution >= 0.6 is 12.2 Å². The van der Waals surface area contributed by atoms with Crippen molar-refractivity contribution in [2.24, 2.45) is 0 Å². The van der Waals surface area contributed by atoms with Crippen molar-refractivity contribution in [1.29, 1.82) is 0 Å². The fourth-order valence-corrected chi connectivity index (χ4v) is 3.11. The molecule has 2 rings (SSSR count). The summed E-state index contributed by atoms with van der Waals surface area (Å²) in [6.45, 7) is 4.41. The third-order valence-electron chi connectivity index (χ3n) is 3.69. The molecule has 106 valence electrons. The lowest BCUT2D eigenvalue weighted by Crippen LogP contribution is -2.34. The minimum Gasteiger partial charge on any atom is -0.450 e. The van der Waals surface area contributed by atoms with Gasteiger partial charge in [0.1, 0.15) is 4.99 Å². The molecule has 0 unspecified atom stereocenters. The second-order valence-corrected chi connectivity index (χ2v) is 5.41. The lowest BCUT2D eigenvalue weighted by Gasteiger charge is -2.29. The molecule has 1 aliphatic heterocycles. The number of hydrogen-bond acceptors (Lipinski definition) is 4. The smallest absolute Gasteiger partial charge is 0.412 e. The van der Waals surface area contributed by atoms with Gasteiger partial charge in [-0.2, -0.15) is 0 Å². The van der Waals surface area contributed by atoms with Crippen molar-refractivity contribution in [1.82, 2.24) is 10.2 Å². The predicted molar refractivity (Wildman–Crippen MR) is 79.1 cm³/mol. The minimum absolute atomic E-state index is 0.368. The van der Waals surface area contributed by atoms with E-state index in [0.29, 0.717) is 11.6 Å². The number of amides is 1. The van der Waals surface area contributed by atoms with Crippen molar-refractivity contribution >= 4 is 23.3 Å². The van der Waals surface area contributed by atoms with Crippen LogP contribution in [0.1, 0.15) is 45.4 Å². The number of nitrogens with one attached hydrogen (secondary N) is 1. The minimum atomic E-state index is -0.439. The van der Waals surface area contributed by atoms with Gasteiger partial charge in [-0.3, -0.25) is 5.32 Å². The van der Waals surface area contributed by atoms with Crippen LogP contribution < -0.4 is 5.32 Å². The van der Waals surface area contributed by atoms with Gasteiger partial charge < -0.3 is 9.64 Å². The van der Waals surface area contributed by atoms with Crippen LogP contribution in [-0.2, 0) is 4.74 Å². The molecule has 0 spiro atoms. The van der Waals surface area contributed by atoms with Gasteiger partial charge in [0.25, 0.3) is 0 Å². The summed E-state index contributed by atoms with van der Waals surface area (Å²) >= 11 is 5.38. The van der Waals surface area contributed by atoms with Gasteiger partial charge in [0, 0.05) is 24.4 Å². The first-order chi connectivity index (χ1) is 9.22. The zero-order valence-electron chi connectivity index (χ0n) is 11.5. The van der Waals surface area contributed by atoms with Gasteiger partial charge >= 0.3 is 6.09 Å². The number of ether oxygens (including phenoxy) is 1. The summed E-state index contributed by atoms with van der Waals surface area (Å²) < 4.78 is 4.89. The Bertz CT molecular complexity index is 387. The van der Waals surface area contributed by atoms with Gasteiger partial charge in [0.2, 0.25) is 0 Å². The lowest BCUT2D eigenvalue weighted by molar-refractivity contribution is 0.158. The number of carbonyl (C=O) groups is 1. The second kappa shape index (κ2) is 6.89. The maximum atomic E-state index is 11.5. The van der Waals surface area contributed by atoms with Gasteiger partial charge in [-0.25, -0.2) is 4.79 Å². The van der Waals surface area contributed by atoms with Crippen LogP contribution in [0.15, 0.2) is 11.3 Å². The highest BCUT2D eigenvalue weighted by Gasteiger charge is 2.24. The maximum Gasteiger partial charge on any atom is 0.412 e. The van der Waals surface area contributed by atoms with E-state index < -0.39 is 6.09 Å². The van der Waals surface area contributed by atoms with E-state index in [1.807, 2.05) is 0 Å². The number of nitrogens with zero attached hydrogens (tertiary/aromatic N) is 1. The molecule has 0 bridgehead atoms. The number of thiocarbonyl (C=S) groups is 1. The molecule has 0 aromatic heterocycles. The molecule has 19 heavy (non-hydrogen) atoms. The van der Waals surface area contributed by atoms with Crippen molar-refractivity contribution < 1.29 is 9.53 Å². The molecule has 1 amide bonds. The molecule has 1 saturated heterocycles. The normalized spacial score (nSPS) is 19.5. The van der Waals surface area contributed by atoms with Crippen molar-refractivity contribution in [2.45, 2.75) is 45.4 Å². The van der Waals surface area contributed by atoms with E-state index >= 15 is 0 Å². The molecule has 0 saturated carbocycles. The van der Waals surface area contributed by atoms with Crippen molar-refractivity contribution in [3.63, 3.8) is 0 Å². The molecular weight excluding hydrogens is 260 g/mol. The van der Waals surface area contributed by atoms with Crippen molar-refractivity contribution in [3.8, 4) is 0 Å². The Balaban J connectivity index is 2.08. The van der Waals surface area contributed by atoms with Gasteiger partial charge in [-0.1, -0.05) is 12.2 Å². The van der Waals surface area contributed by atoms with Gasteiger partial charge in [-0.15, -0.1) is 0 Å². The molecule has 0 radical (unpaired) electrons. The van der Waals surface area contributed by atoms with E-state index in [2.05, 4.69) is 10.2 Å². The number of allylic oxidation sites excluding steroid dienone is 1. The molecule has 1 aliphatic carbocycles. The van der Waals surface area contributed by atoms with E-state index in [1.54, 1.807) is 6.92 Å². The molecule has 1 heterocycles. The molecule has 2 aliphatic rings. The largest absolute Gasteiger partial charge is 0.450 e. The van der Waals surface area contributed by atoms with E-state index in [-0.39, 0.29) is 0 Å². The van der Waals surface area contributed by atoms with E-state index in [4.69, 9.17) is 17.0 Å². The number of likely N-dealkylation sites (tertiary alicyclic amines) is 1. The van der Waals surface area contributed by atoms with Gasteiger partial charge in [0.15, 0.2) is 0 Å². The molecule has 4 nitrogen and oxygen atoms in total. The van der Waals surface area contributed by atoms with Crippen LogP contribution in [-0.4, -0.2) is 35.7 Å². The Hall–Kier alpha value is -1.10. The summed E-state index contributed by atoms with van der Waals surface area (Å²) in [7, 11) is 0. The SMILES string of the molecule is CCOC(=O)NC(=S)C1=C(N2CCCC2)CCCC1. The molecule has 1 N–H and O–H groups in total. The summed E-state index contributed by atoms with van der Waals surface area (Å²) in [5, 5.41) is 2.69. The van der Waals surface area contributed by atoms with Crippen LogP contribution in [0.4, 0.5) is 4.79 Å². The third-order valence-corrected chi connectivity index (χ3v) is 4.04. The topological polar surface area (TPSA) is 41.6 Å². The Morgan fingerprint density at radius 2 is 1.95 bits per heavy atom. The summed E-state index contributed by atoms with van der Waals surface area (Å²) in [5.41, 5.74) is 2.50. The third kappa shape index (κ3) is 3.69. The van der Waals surface area contributed by atoms with E-state index in [9.17, 15) is 4.79 Å². The first-order valence-corrected chi connectivity index (χ1v) is 7.58. The molecule has 1 fully saturated rings. The summed E-state index contributed by atoms with van der Waals surface area (Å²) in [6.07, 6.45) is 6.50. The van der Waals surface area contributed by atoms with Crippen LogP contribution in [0.3, 0.4) is 0 Å². The van der Waals surface area contributed by atoms with Crippen LogP contribution in [0.25, 0.3) is 0 Å². The second-order valence-electron chi connectivity index (χ2n) is 5.00. The average Bonchev–Trinajstić information content (AvgIpc) is 2.92. The molecule has 0 atom stereocenters. The molecule has 0 aromatic carbocycles. The fraction of sp³-hybridized carbons (Fsp3) is 0.714. The Morgan fingerprint density at radius 3 is 2.63 bits per heavy atom. The quantitative estimate of drug-likeness (QED) is 0.808. The van der Waals surface area contributed by atoms with Crippen LogP contribution in [0.5, 0.6) is 0 Å². The zero-order valence-corrected chi connectivity index (χ0v) is 12.4. The Morgan fingerprint density at radius 1 is 1.26 bits per heavy atom. The predicted octanol–water partition coefficient (Wildman–Crippen LogP) is 2.98. The highest BCUT2D eigenvalue weighted by Crippen LogP contribution is 2.30. The monoisotopic (exact) mass is 282 g/mol. The maximum absolute atomic E-state index is 11.5. The van der Waals surface area contributed by atoms with Crippen molar-refractivity contribution in [3.05, 3.63) is 11.3 Å². The van der Waals surface area contributed by atoms with Crippen molar-refractivity contribution in [2.75, 3.05) is 19.7 Å². The number of rotatable bonds is 3. The summed E-state index contributed by atoms with van der Waals surface area (Å²) in [5.74, 6) is 0.